The van der Waals surface area contributed by atoms with Crippen LogP contribution in [0.15, 0.2) is 29.8 Å². The van der Waals surface area contributed by atoms with Crippen LogP contribution < -0.4 is 9.64 Å². The van der Waals surface area contributed by atoms with Crippen LogP contribution in [0.1, 0.15) is 30.7 Å². The van der Waals surface area contributed by atoms with Gasteiger partial charge in [-0.05, 0) is 49.9 Å². The second-order valence-electron chi connectivity index (χ2n) is 9.05. The summed E-state index contributed by atoms with van der Waals surface area (Å²) >= 11 is 1.61. The smallest absolute Gasteiger partial charge is 0.208 e. The number of benzene rings is 1. The Bertz CT molecular complexity index is 861. The molecule has 1 aromatic heterocycles. The Hall–Kier alpha value is -1.74. The molecule has 1 atom stereocenters. The third-order valence-corrected chi connectivity index (χ3v) is 7.82. The van der Waals surface area contributed by atoms with Crippen molar-refractivity contribution in [1.82, 2.24) is 15.1 Å². The van der Waals surface area contributed by atoms with Crippen LogP contribution in [-0.2, 0) is 9.47 Å². The molecule has 1 unspecified atom stereocenters. The van der Waals surface area contributed by atoms with Gasteiger partial charge >= 0.3 is 0 Å². The Morgan fingerprint density at radius 2 is 1.93 bits per heavy atom. The third kappa shape index (κ3) is 3.49. The Labute approximate surface area is 180 Å². The van der Waals surface area contributed by atoms with Crippen LogP contribution in [-0.4, -0.2) is 78.8 Å². The minimum atomic E-state index is 0.0263. The van der Waals surface area contributed by atoms with Crippen LogP contribution in [0.2, 0.25) is 0 Å². The summed E-state index contributed by atoms with van der Waals surface area (Å²) in [6.45, 7) is 6.45. The average Bonchev–Trinajstić information content (AvgIpc) is 3.40. The van der Waals surface area contributed by atoms with E-state index in [0.29, 0.717) is 25.2 Å². The van der Waals surface area contributed by atoms with Crippen molar-refractivity contribution in [3.05, 3.63) is 35.3 Å². The number of likely N-dealkylation sites (tertiary alicyclic amines) is 1. The van der Waals surface area contributed by atoms with E-state index in [2.05, 4.69) is 44.3 Å². The molecule has 0 radical (unpaired) electrons. The average molecular weight is 429 g/mol. The molecule has 0 saturated carbocycles. The lowest BCUT2D eigenvalue weighted by atomic mass is 9.86. The molecule has 6 rings (SSSR count). The van der Waals surface area contributed by atoms with Gasteiger partial charge in [0.25, 0.3) is 0 Å². The molecule has 0 aliphatic carbocycles. The maximum absolute atomic E-state index is 6.30. The summed E-state index contributed by atoms with van der Waals surface area (Å²) in [7, 11) is 0. The summed E-state index contributed by atoms with van der Waals surface area (Å²) in [6, 6.07) is 9.13. The first-order valence-corrected chi connectivity index (χ1v) is 11.9. The highest BCUT2D eigenvalue weighted by atomic mass is 32.1. The highest BCUT2D eigenvalue weighted by Gasteiger charge is 2.51. The van der Waals surface area contributed by atoms with Crippen molar-refractivity contribution in [2.75, 3.05) is 50.9 Å². The van der Waals surface area contributed by atoms with Gasteiger partial charge in [-0.25, -0.2) is 0 Å². The summed E-state index contributed by atoms with van der Waals surface area (Å²) in [4.78, 5) is 4.94. The molecule has 0 N–H and O–H groups in total. The Kier molecular flexibility index (Phi) is 4.90. The molecule has 30 heavy (non-hydrogen) atoms. The second-order valence-corrected chi connectivity index (χ2v) is 9.87. The summed E-state index contributed by atoms with van der Waals surface area (Å²) in [5.74, 6) is 1.63. The minimum absolute atomic E-state index is 0.0263. The van der Waals surface area contributed by atoms with Gasteiger partial charge in [0.05, 0.1) is 32.9 Å². The number of anilines is 1. The predicted octanol–water partition coefficient (Wildman–Crippen LogP) is 2.54. The van der Waals surface area contributed by atoms with Crippen LogP contribution in [0.3, 0.4) is 0 Å². The van der Waals surface area contributed by atoms with Crippen molar-refractivity contribution < 1.29 is 14.2 Å². The first-order chi connectivity index (χ1) is 14.8. The van der Waals surface area contributed by atoms with Crippen molar-refractivity contribution in [1.29, 1.82) is 0 Å². The molecule has 4 aliphatic rings. The molecule has 4 fully saturated rings. The number of para-hydroxylation sites is 1. The van der Waals surface area contributed by atoms with Crippen molar-refractivity contribution in [2.45, 2.75) is 42.9 Å². The van der Waals surface area contributed by atoms with Gasteiger partial charge in [0, 0.05) is 6.04 Å². The van der Waals surface area contributed by atoms with Crippen molar-refractivity contribution in [3.63, 3.8) is 0 Å². The van der Waals surface area contributed by atoms with Gasteiger partial charge in [0.1, 0.15) is 23.0 Å². The van der Waals surface area contributed by atoms with E-state index in [9.17, 15) is 0 Å². The van der Waals surface area contributed by atoms with E-state index in [1.165, 1.54) is 18.4 Å². The maximum atomic E-state index is 6.30. The fraction of sp³-hybridized carbons (Fsp3) is 0.636. The van der Waals surface area contributed by atoms with Gasteiger partial charge in [0.15, 0.2) is 0 Å². The van der Waals surface area contributed by atoms with Crippen molar-refractivity contribution in [3.8, 4) is 5.75 Å². The number of rotatable bonds is 5. The third-order valence-electron chi connectivity index (χ3n) is 7.07. The molecule has 160 valence electrons. The largest absolute Gasteiger partial charge is 0.485 e. The molecule has 1 spiro atoms. The van der Waals surface area contributed by atoms with Gasteiger partial charge in [-0.15, -0.1) is 10.2 Å². The molecule has 1 aromatic carbocycles. The number of ether oxygens (including phenoxy) is 3. The standard InChI is InChI=1S/C22H28N4O3S/c1-2-4-20(29-18-11-27-12-18)19(3-1)16-5-7-25(8-6-16)17-9-22(28-10-17)13-26(14-22)21-24-23-15-30-21/h1-4,15-18H,5-14H2. The van der Waals surface area contributed by atoms with Crippen LogP contribution >= 0.6 is 11.3 Å². The highest BCUT2D eigenvalue weighted by molar-refractivity contribution is 7.13. The first kappa shape index (κ1) is 19.0. The SMILES string of the molecule is c1ccc(C2CCN(C3COC4(C3)CN(c3nncs3)C4)CC2)c(OC2COC2)c1. The second kappa shape index (κ2) is 7.75. The summed E-state index contributed by atoms with van der Waals surface area (Å²) < 4.78 is 17.8. The first-order valence-electron chi connectivity index (χ1n) is 11.0. The molecule has 0 bridgehead atoms. The Morgan fingerprint density at radius 3 is 2.67 bits per heavy atom. The van der Waals surface area contributed by atoms with Crippen molar-refractivity contribution >= 4 is 16.5 Å². The van der Waals surface area contributed by atoms with Crippen LogP contribution in [0.5, 0.6) is 5.75 Å². The highest BCUT2D eigenvalue weighted by Crippen LogP contribution is 2.41. The zero-order valence-corrected chi connectivity index (χ0v) is 17.9. The van der Waals surface area contributed by atoms with Crippen molar-refractivity contribution in [2.24, 2.45) is 0 Å². The monoisotopic (exact) mass is 428 g/mol. The zero-order valence-electron chi connectivity index (χ0n) is 17.1. The Balaban J connectivity index is 1.04. The van der Waals surface area contributed by atoms with Gasteiger partial charge in [-0.2, -0.15) is 0 Å². The van der Waals surface area contributed by atoms with E-state index < -0.39 is 0 Å². The molecule has 5 heterocycles. The number of piperidine rings is 1. The lowest BCUT2D eigenvalue weighted by Crippen LogP contribution is -2.62. The van der Waals surface area contributed by atoms with E-state index >= 15 is 0 Å². The molecule has 7 nitrogen and oxygen atoms in total. The Morgan fingerprint density at radius 1 is 1.10 bits per heavy atom. The van der Waals surface area contributed by atoms with E-state index in [4.69, 9.17) is 14.2 Å². The van der Waals surface area contributed by atoms with Gasteiger partial charge in [-0.3, -0.25) is 4.90 Å². The quantitative estimate of drug-likeness (QED) is 0.725. The van der Waals surface area contributed by atoms with E-state index in [0.717, 1.165) is 50.1 Å². The van der Waals surface area contributed by atoms with Crippen LogP contribution in [0, 0.1) is 0 Å². The minimum Gasteiger partial charge on any atom is -0.485 e. The van der Waals surface area contributed by atoms with Crippen LogP contribution in [0.4, 0.5) is 5.13 Å². The fourth-order valence-electron chi connectivity index (χ4n) is 5.33. The topological polar surface area (TPSA) is 60.0 Å². The molecule has 2 aromatic rings. The molecule has 8 heteroatoms. The summed E-state index contributed by atoms with van der Waals surface area (Å²) in [5, 5.41) is 9.15. The molecular formula is C22H28N4O3S. The number of hydrogen-bond acceptors (Lipinski definition) is 8. The zero-order chi connectivity index (χ0) is 20.0. The van der Waals surface area contributed by atoms with E-state index in [1.807, 2.05) is 0 Å². The predicted molar refractivity (Wildman–Crippen MR) is 114 cm³/mol. The maximum Gasteiger partial charge on any atom is 0.208 e. The summed E-state index contributed by atoms with van der Waals surface area (Å²) in [5.41, 5.74) is 3.19. The lowest BCUT2D eigenvalue weighted by molar-refractivity contribution is -0.0801. The van der Waals surface area contributed by atoms with Gasteiger partial charge in [-0.1, -0.05) is 29.5 Å². The molecule has 4 aliphatic heterocycles. The fourth-order valence-corrected chi connectivity index (χ4v) is 5.89. The normalized spacial score (nSPS) is 27.2. The van der Waals surface area contributed by atoms with Gasteiger partial charge < -0.3 is 19.1 Å². The number of aromatic nitrogens is 2. The van der Waals surface area contributed by atoms with Crippen LogP contribution in [0.25, 0.3) is 0 Å². The van der Waals surface area contributed by atoms with Gasteiger partial charge in [0.2, 0.25) is 5.13 Å². The lowest BCUT2D eigenvalue weighted by Gasteiger charge is -2.47. The van der Waals surface area contributed by atoms with E-state index in [1.54, 1.807) is 16.8 Å². The molecule has 4 saturated heterocycles. The molecular weight excluding hydrogens is 400 g/mol. The molecule has 0 amide bonds. The number of hydrogen-bond donors (Lipinski definition) is 0. The summed E-state index contributed by atoms with van der Waals surface area (Å²) in [6.07, 6.45) is 3.72. The number of nitrogens with zero attached hydrogens (tertiary/aromatic N) is 4. The van der Waals surface area contributed by atoms with E-state index in [-0.39, 0.29) is 11.7 Å².